The van der Waals surface area contributed by atoms with Crippen molar-refractivity contribution >= 4 is 23.4 Å². The molecule has 0 radical (unpaired) electrons. The van der Waals surface area contributed by atoms with Crippen molar-refractivity contribution in [1.82, 2.24) is 5.32 Å². The van der Waals surface area contributed by atoms with Gasteiger partial charge in [0.25, 0.3) is 0 Å². The number of hydrogen-bond acceptors (Lipinski definition) is 4. The van der Waals surface area contributed by atoms with Crippen molar-refractivity contribution in [1.29, 1.82) is 0 Å². The predicted octanol–water partition coefficient (Wildman–Crippen LogP) is 4.85. The third kappa shape index (κ3) is 5.34. The van der Waals surface area contributed by atoms with Gasteiger partial charge in [0.2, 0.25) is 5.91 Å². The maximum absolute atomic E-state index is 11.5. The lowest BCUT2D eigenvalue weighted by molar-refractivity contribution is -0.116. The molecule has 0 bridgehead atoms. The zero-order valence-electron chi connectivity index (χ0n) is 17.1. The Morgan fingerprint density at radius 3 is 2.97 bits per heavy atom. The van der Waals surface area contributed by atoms with Crippen molar-refractivity contribution in [3.05, 3.63) is 53.6 Å². The number of benzene rings is 2. The molecule has 5 heteroatoms. The van der Waals surface area contributed by atoms with Crippen LogP contribution < -0.4 is 15.4 Å². The van der Waals surface area contributed by atoms with Crippen LogP contribution in [0.5, 0.6) is 5.75 Å². The maximum atomic E-state index is 11.5. The van der Waals surface area contributed by atoms with Crippen molar-refractivity contribution in [3.63, 3.8) is 0 Å². The SMILES string of the molecule is CSc1ccccc1C1CC1CNCCCCOc1ccc2c(c1)NC(=O)CC2. The Bertz CT molecular complexity index is 855. The van der Waals surface area contributed by atoms with Gasteiger partial charge >= 0.3 is 0 Å². The highest BCUT2D eigenvalue weighted by Crippen LogP contribution is 2.49. The van der Waals surface area contributed by atoms with Crippen LogP contribution in [-0.2, 0) is 11.2 Å². The van der Waals surface area contributed by atoms with E-state index in [1.807, 2.05) is 23.9 Å². The van der Waals surface area contributed by atoms with Crippen LogP contribution in [0.4, 0.5) is 5.69 Å². The van der Waals surface area contributed by atoms with E-state index in [-0.39, 0.29) is 5.91 Å². The van der Waals surface area contributed by atoms with Crippen molar-refractivity contribution in [2.45, 2.75) is 42.9 Å². The van der Waals surface area contributed by atoms with E-state index in [4.69, 9.17) is 4.74 Å². The zero-order valence-corrected chi connectivity index (χ0v) is 17.9. The molecule has 1 saturated carbocycles. The van der Waals surface area contributed by atoms with E-state index < -0.39 is 0 Å². The Morgan fingerprint density at radius 2 is 2.07 bits per heavy atom. The van der Waals surface area contributed by atoms with Gasteiger partial charge in [0, 0.05) is 23.1 Å². The van der Waals surface area contributed by atoms with Gasteiger partial charge in [-0.1, -0.05) is 24.3 Å². The summed E-state index contributed by atoms with van der Waals surface area (Å²) in [7, 11) is 0. The smallest absolute Gasteiger partial charge is 0.224 e. The van der Waals surface area contributed by atoms with Gasteiger partial charge in [-0.15, -0.1) is 11.8 Å². The molecule has 1 heterocycles. The van der Waals surface area contributed by atoms with Crippen LogP contribution in [-0.4, -0.2) is 31.9 Å². The van der Waals surface area contributed by atoms with E-state index in [1.54, 1.807) is 0 Å². The molecule has 1 aliphatic carbocycles. The number of aryl methyl sites for hydroxylation is 1. The van der Waals surface area contributed by atoms with Gasteiger partial charge in [0.05, 0.1) is 6.61 Å². The molecule has 0 saturated heterocycles. The number of unbranched alkanes of at least 4 members (excludes halogenated alkanes) is 1. The van der Waals surface area contributed by atoms with Gasteiger partial charge < -0.3 is 15.4 Å². The third-order valence-electron chi connectivity index (χ3n) is 5.86. The van der Waals surface area contributed by atoms with E-state index >= 15 is 0 Å². The fraction of sp³-hybridized carbons (Fsp3) is 0.458. The van der Waals surface area contributed by atoms with Crippen LogP contribution in [0.25, 0.3) is 0 Å². The second-order valence-electron chi connectivity index (χ2n) is 7.97. The maximum Gasteiger partial charge on any atom is 0.224 e. The molecule has 2 aromatic rings. The standard InChI is InChI=1S/C24H30N2O2S/c1-29-23-7-3-2-6-20(23)21-14-18(21)16-25-12-4-5-13-28-19-10-8-17-9-11-24(27)26-22(17)15-19/h2-3,6-8,10,15,18,21,25H,4-5,9,11-14,16H2,1H3,(H,26,27). The largest absolute Gasteiger partial charge is 0.494 e. The van der Waals surface area contributed by atoms with Gasteiger partial charge in [-0.3, -0.25) is 4.79 Å². The molecular weight excluding hydrogens is 380 g/mol. The molecule has 1 amide bonds. The number of carbonyl (C=O) groups is 1. The van der Waals surface area contributed by atoms with Gasteiger partial charge in [-0.25, -0.2) is 0 Å². The Balaban J connectivity index is 1.10. The minimum Gasteiger partial charge on any atom is -0.494 e. The monoisotopic (exact) mass is 410 g/mol. The Labute approximate surface area is 177 Å². The summed E-state index contributed by atoms with van der Waals surface area (Å²) < 4.78 is 5.87. The number of fused-ring (bicyclic) bond motifs is 1. The molecule has 0 aromatic heterocycles. The van der Waals surface area contributed by atoms with Gasteiger partial charge in [-0.2, -0.15) is 0 Å². The summed E-state index contributed by atoms with van der Waals surface area (Å²) in [6, 6.07) is 14.8. The first-order valence-corrected chi connectivity index (χ1v) is 11.9. The second kappa shape index (κ2) is 9.68. The normalized spacial score (nSPS) is 20.1. The average molecular weight is 411 g/mol. The number of ether oxygens (including phenoxy) is 1. The Morgan fingerprint density at radius 1 is 1.17 bits per heavy atom. The van der Waals surface area contributed by atoms with Crippen LogP contribution >= 0.6 is 11.8 Å². The highest BCUT2D eigenvalue weighted by molar-refractivity contribution is 7.98. The van der Waals surface area contributed by atoms with E-state index in [0.717, 1.165) is 55.6 Å². The topological polar surface area (TPSA) is 50.4 Å². The van der Waals surface area contributed by atoms with Crippen molar-refractivity contribution in [3.8, 4) is 5.75 Å². The third-order valence-corrected chi connectivity index (χ3v) is 6.67. The molecule has 1 aliphatic heterocycles. The molecule has 4 rings (SSSR count). The lowest BCUT2D eigenvalue weighted by atomic mass is 10.0. The molecule has 2 aliphatic rings. The molecule has 2 N–H and O–H groups in total. The highest BCUT2D eigenvalue weighted by atomic mass is 32.2. The molecule has 154 valence electrons. The number of nitrogens with one attached hydrogen (secondary N) is 2. The van der Waals surface area contributed by atoms with E-state index in [1.165, 1.54) is 22.4 Å². The van der Waals surface area contributed by atoms with Crippen LogP contribution in [0.1, 0.15) is 42.7 Å². The minimum absolute atomic E-state index is 0.0931. The van der Waals surface area contributed by atoms with E-state index in [9.17, 15) is 4.79 Å². The molecule has 0 spiro atoms. The Kier molecular flexibility index (Phi) is 6.78. The molecule has 4 nitrogen and oxygen atoms in total. The summed E-state index contributed by atoms with van der Waals surface area (Å²) >= 11 is 1.85. The van der Waals surface area contributed by atoms with Crippen LogP contribution in [0.15, 0.2) is 47.4 Å². The van der Waals surface area contributed by atoms with E-state index in [0.29, 0.717) is 13.0 Å². The molecule has 1 fully saturated rings. The van der Waals surface area contributed by atoms with Crippen LogP contribution in [0.3, 0.4) is 0 Å². The Hall–Kier alpha value is -1.98. The molecule has 2 atom stereocenters. The van der Waals surface area contributed by atoms with Crippen LogP contribution in [0, 0.1) is 5.92 Å². The first-order valence-electron chi connectivity index (χ1n) is 10.6. The van der Waals surface area contributed by atoms with E-state index in [2.05, 4.69) is 47.2 Å². The first kappa shape index (κ1) is 20.3. The number of carbonyl (C=O) groups excluding carboxylic acids is 1. The summed E-state index contributed by atoms with van der Waals surface area (Å²) in [5.41, 5.74) is 3.63. The lowest BCUT2D eigenvalue weighted by Gasteiger charge is -2.17. The summed E-state index contributed by atoms with van der Waals surface area (Å²) in [4.78, 5) is 13.0. The summed E-state index contributed by atoms with van der Waals surface area (Å²) in [6.45, 7) is 2.86. The van der Waals surface area contributed by atoms with Crippen LogP contribution in [0.2, 0.25) is 0 Å². The summed E-state index contributed by atoms with van der Waals surface area (Å²) in [5.74, 6) is 2.45. The quantitative estimate of drug-likeness (QED) is 0.434. The second-order valence-corrected chi connectivity index (χ2v) is 8.82. The fourth-order valence-corrected chi connectivity index (χ4v) is 4.77. The number of amides is 1. The van der Waals surface area contributed by atoms with Gasteiger partial charge in [0.1, 0.15) is 5.75 Å². The molecule has 2 aromatic carbocycles. The number of hydrogen-bond donors (Lipinski definition) is 2. The number of rotatable bonds is 10. The highest BCUT2D eigenvalue weighted by Gasteiger charge is 2.38. The minimum atomic E-state index is 0.0931. The molecule has 2 unspecified atom stereocenters. The predicted molar refractivity (Wildman–Crippen MR) is 120 cm³/mol. The average Bonchev–Trinajstić information content (AvgIpc) is 3.52. The summed E-state index contributed by atoms with van der Waals surface area (Å²) in [6.07, 6.45) is 7.00. The molecular formula is C24H30N2O2S. The van der Waals surface area contributed by atoms with Crippen molar-refractivity contribution < 1.29 is 9.53 Å². The number of thioether (sulfide) groups is 1. The fourth-order valence-electron chi connectivity index (χ4n) is 4.10. The van der Waals surface area contributed by atoms with Crippen molar-refractivity contribution in [2.75, 3.05) is 31.3 Å². The van der Waals surface area contributed by atoms with Gasteiger partial charge in [0.15, 0.2) is 0 Å². The lowest BCUT2D eigenvalue weighted by Crippen LogP contribution is -2.19. The first-order chi connectivity index (χ1) is 14.2. The summed E-state index contributed by atoms with van der Waals surface area (Å²) in [5, 5.41) is 6.55. The van der Waals surface area contributed by atoms with Crippen molar-refractivity contribution in [2.24, 2.45) is 5.92 Å². The molecule has 29 heavy (non-hydrogen) atoms. The van der Waals surface area contributed by atoms with Gasteiger partial charge in [-0.05, 0) is 80.1 Å². The zero-order chi connectivity index (χ0) is 20.1. The number of anilines is 1.